The van der Waals surface area contributed by atoms with Crippen molar-refractivity contribution in [2.45, 2.75) is 5.33 Å². The molecule has 0 atom stereocenters. The van der Waals surface area contributed by atoms with E-state index in [0.717, 1.165) is 16.8 Å². The molecule has 1 heterocycles. The van der Waals surface area contributed by atoms with Crippen LogP contribution in [0.15, 0.2) is 47.3 Å². The third kappa shape index (κ3) is 2.36. The highest BCUT2D eigenvalue weighted by atomic mass is 79.9. The second-order valence-electron chi connectivity index (χ2n) is 3.26. The Morgan fingerprint density at radius 1 is 1.07 bits per heavy atom. The molecule has 0 fully saturated rings. The lowest BCUT2D eigenvalue weighted by Crippen LogP contribution is -2.06. The van der Waals surface area contributed by atoms with Gasteiger partial charge in [0.15, 0.2) is 0 Å². The van der Waals surface area contributed by atoms with Gasteiger partial charge in [-0.1, -0.05) is 46.3 Å². The molecule has 1 aromatic carbocycles. The van der Waals surface area contributed by atoms with Crippen molar-refractivity contribution in [3.63, 3.8) is 0 Å². The lowest BCUT2D eigenvalue weighted by Gasteiger charge is -2.02. The van der Waals surface area contributed by atoms with E-state index in [2.05, 4.69) is 20.9 Å². The van der Waals surface area contributed by atoms with Gasteiger partial charge in [-0.05, 0) is 17.2 Å². The van der Waals surface area contributed by atoms with Crippen LogP contribution >= 0.6 is 15.9 Å². The van der Waals surface area contributed by atoms with Gasteiger partial charge in [0.05, 0.1) is 0 Å². The number of halogens is 1. The highest BCUT2D eigenvalue weighted by Crippen LogP contribution is 2.18. The Labute approximate surface area is 96.1 Å². The lowest BCUT2D eigenvalue weighted by atomic mass is 10.1. The molecular formula is C12H10BrNO. The predicted octanol–water partition coefficient (Wildman–Crippen LogP) is 2.94. The van der Waals surface area contributed by atoms with E-state index in [1.165, 1.54) is 0 Å². The molecule has 2 rings (SSSR count). The number of alkyl halides is 1. The fourth-order valence-electron chi connectivity index (χ4n) is 1.47. The third-order valence-electron chi connectivity index (χ3n) is 2.15. The zero-order valence-corrected chi connectivity index (χ0v) is 9.62. The normalized spacial score (nSPS) is 10.2. The maximum absolute atomic E-state index is 11.4. The van der Waals surface area contributed by atoms with Crippen LogP contribution in [0, 0.1) is 0 Å². The Bertz CT molecular complexity index is 505. The molecule has 0 spiro atoms. The van der Waals surface area contributed by atoms with Gasteiger partial charge in [-0.15, -0.1) is 0 Å². The Hall–Kier alpha value is -1.35. The summed E-state index contributed by atoms with van der Waals surface area (Å²) in [5.74, 6) is 0. The Morgan fingerprint density at radius 3 is 2.47 bits per heavy atom. The van der Waals surface area contributed by atoms with E-state index in [9.17, 15) is 4.79 Å². The maximum Gasteiger partial charge on any atom is 0.248 e. The number of hydrogen-bond acceptors (Lipinski definition) is 1. The van der Waals surface area contributed by atoms with Gasteiger partial charge in [0, 0.05) is 17.1 Å². The van der Waals surface area contributed by atoms with Gasteiger partial charge in [-0.2, -0.15) is 0 Å². The van der Waals surface area contributed by atoms with E-state index >= 15 is 0 Å². The van der Waals surface area contributed by atoms with Gasteiger partial charge in [0.1, 0.15) is 0 Å². The molecule has 2 nitrogen and oxygen atoms in total. The highest BCUT2D eigenvalue weighted by molar-refractivity contribution is 9.08. The van der Waals surface area contributed by atoms with Gasteiger partial charge >= 0.3 is 0 Å². The summed E-state index contributed by atoms with van der Waals surface area (Å²) in [4.78, 5) is 14.1. The summed E-state index contributed by atoms with van der Waals surface area (Å²) in [6, 6.07) is 13.5. The van der Waals surface area contributed by atoms with Crippen molar-refractivity contribution in [2.75, 3.05) is 0 Å². The van der Waals surface area contributed by atoms with Crippen molar-refractivity contribution in [1.29, 1.82) is 0 Å². The van der Waals surface area contributed by atoms with Crippen molar-refractivity contribution in [2.24, 2.45) is 0 Å². The van der Waals surface area contributed by atoms with E-state index in [1.807, 2.05) is 36.4 Å². The van der Waals surface area contributed by atoms with E-state index in [1.54, 1.807) is 6.07 Å². The van der Waals surface area contributed by atoms with E-state index in [-0.39, 0.29) is 5.56 Å². The van der Waals surface area contributed by atoms with Crippen molar-refractivity contribution in [3.8, 4) is 11.1 Å². The van der Waals surface area contributed by atoms with E-state index < -0.39 is 0 Å². The summed E-state index contributed by atoms with van der Waals surface area (Å²) < 4.78 is 0. The molecule has 0 amide bonds. The molecule has 0 saturated heterocycles. The summed E-state index contributed by atoms with van der Waals surface area (Å²) in [5.41, 5.74) is 2.84. The van der Waals surface area contributed by atoms with E-state index in [0.29, 0.717) is 5.33 Å². The molecule has 1 aromatic heterocycles. The van der Waals surface area contributed by atoms with Crippen LogP contribution in [0.2, 0.25) is 0 Å². The summed E-state index contributed by atoms with van der Waals surface area (Å²) >= 11 is 3.33. The summed E-state index contributed by atoms with van der Waals surface area (Å²) in [6.07, 6.45) is 0. The molecule has 15 heavy (non-hydrogen) atoms. The molecule has 0 bridgehead atoms. The van der Waals surface area contributed by atoms with Crippen LogP contribution in [0.1, 0.15) is 5.69 Å². The molecule has 0 unspecified atom stereocenters. The zero-order valence-electron chi connectivity index (χ0n) is 8.03. The first kappa shape index (κ1) is 10.2. The molecule has 0 aliphatic heterocycles. The molecule has 0 aliphatic rings. The number of aromatic nitrogens is 1. The number of aromatic amines is 1. The van der Waals surface area contributed by atoms with Crippen LogP contribution in [0.5, 0.6) is 0 Å². The summed E-state index contributed by atoms with van der Waals surface area (Å²) in [5, 5.41) is 0.656. The molecular weight excluding hydrogens is 254 g/mol. The van der Waals surface area contributed by atoms with Gasteiger partial charge in [-0.25, -0.2) is 0 Å². The highest BCUT2D eigenvalue weighted by Gasteiger charge is 2.00. The zero-order chi connectivity index (χ0) is 10.7. The molecule has 1 N–H and O–H groups in total. The molecule has 2 aromatic rings. The Morgan fingerprint density at radius 2 is 1.80 bits per heavy atom. The topological polar surface area (TPSA) is 32.9 Å². The molecule has 3 heteroatoms. The minimum absolute atomic E-state index is 0.0641. The third-order valence-corrected chi connectivity index (χ3v) is 2.76. The average Bonchev–Trinajstić information content (AvgIpc) is 2.29. The molecule has 0 radical (unpaired) electrons. The van der Waals surface area contributed by atoms with Crippen LogP contribution in [-0.4, -0.2) is 4.98 Å². The fraction of sp³-hybridized carbons (Fsp3) is 0.0833. The van der Waals surface area contributed by atoms with Crippen LogP contribution in [0.3, 0.4) is 0 Å². The van der Waals surface area contributed by atoms with Crippen LogP contribution in [-0.2, 0) is 5.33 Å². The lowest BCUT2D eigenvalue weighted by molar-refractivity contribution is 1.13. The van der Waals surface area contributed by atoms with Crippen molar-refractivity contribution >= 4 is 15.9 Å². The molecule has 0 aliphatic carbocycles. The first-order chi connectivity index (χ1) is 7.29. The molecule has 76 valence electrons. The second kappa shape index (κ2) is 4.45. The number of nitrogens with one attached hydrogen (secondary N) is 1. The standard InChI is InChI=1S/C12H10BrNO/c13-8-11-6-10(7-12(15)14-11)9-4-2-1-3-5-9/h1-7H,8H2,(H,14,15). The first-order valence-electron chi connectivity index (χ1n) is 4.64. The van der Waals surface area contributed by atoms with Crippen molar-refractivity contribution in [3.05, 3.63) is 58.5 Å². The number of hydrogen-bond donors (Lipinski definition) is 1. The van der Waals surface area contributed by atoms with Crippen molar-refractivity contribution < 1.29 is 0 Å². The summed E-state index contributed by atoms with van der Waals surface area (Å²) in [7, 11) is 0. The van der Waals surface area contributed by atoms with Crippen molar-refractivity contribution in [1.82, 2.24) is 4.98 Å². The summed E-state index contributed by atoms with van der Waals surface area (Å²) in [6.45, 7) is 0. The van der Waals surface area contributed by atoms with Gasteiger partial charge < -0.3 is 4.98 Å². The molecule has 0 saturated carbocycles. The Balaban J connectivity index is 2.54. The number of pyridine rings is 1. The van der Waals surface area contributed by atoms with Crippen LogP contribution in [0.4, 0.5) is 0 Å². The smallest absolute Gasteiger partial charge is 0.248 e. The number of H-pyrrole nitrogens is 1. The second-order valence-corrected chi connectivity index (χ2v) is 3.82. The average molecular weight is 264 g/mol. The SMILES string of the molecule is O=c1cc(-c2ccccc2)cc(CBr)[nH]1. The van der Waals surface area contributed by atoms with Gasteiger partial charge in [-0.3, -0.25) is 4.79 Å². The minimum Gasteiger partial charge on any atom is -0.325 e. The fourth-order valence-corrected chi connectivity index (χ4v) is 1.77. The first-order valence-corrected chi connectivity index (χ1v) is 5.76. The maximum atomic E-state index is 11.4. The quantitative estimate of drug-likeness (QED) is 0.831. The van der Waals surface area contributed by atoms with Gasteiger partial charge in [0.2, 0.25) is 5.56 Å². The largest absolute Gasteiger partial charge is 0.325 e. The monoisotopic (exact) mass is 263 g/mol. The van der Waals surface area contributed by atoms with Gasteiger partial charge in [0.25, 0.3) is 0 Å². The Kier molecular flexibility index (Phi) is 3.02. The van der Waals surface area contributed by atoms with E-state index in [4.69, 9.17) is 0 Å². The van der Waals surface area contributed by atoms with Crippen LogP contribution in [0.25, 0.3) is 11.1 Å². The number of benzene rings is 1. The van der Waals surface area contributed by atoms with Crippen LogP contribution < -0.4 is 5.56 Å². The predicted molar refractivity (Wildman–Crippen MR) is 65.1 cm³/mol. The minimum atomic E-state index is -0.0641. The number of rotatable bonds is 2.